The molecule has 0 fully saturated rings. The van der Waals surface area contributed by atoms with E-state index in [1.165, 1.54) is 12.1 Å². The lowest BCUT2D eigenvalue weighted by Gasteiger charge is -2.12. The smallest absolute Gasteiger partial charge is 0.288 e. The average Bonchev–Trinajstić information content (AvgIpc) is 2.38. The number of benzene rings is 2. The van der Waals surface area contributed by atoms with Crippen LogP contribution in [0.4, 0.5) is 5.69 Å². The molecule has 2 aromatic carbocycles. The zero-order chi connectivity index (χ0) is 15.6. The lowest BCUT2D eigenvalue weighted by atomic mass is 10.1. The van der Waals surface area contributed by atoms with Crippen LogP contribution in [-0.4, -0.2) is 4.92 Å². The van der Waals surface area contributed by atoms with Crippen LogP contribution < -0.4 is 4.74 Å². The maximum absolute atomic E-state index is 10.9. The Labute approximate surface area is 132 Å². The predicted octanol–water partition coefficient (Wildman–Crippen LogP) is 5.10. The first-order valence-corrected chi connectivity index (χ1v) is 6.96. The zero-order valence-corrected chi connectivity index (χ0v) is 13.0. The lowest BCUT2D eigenvalue weighted by molar-refractivity contribution is -0.384. The van der Waals surface area contributed by atoms with Gasteiger partial charge in [0.05, 0.1) is 4.92 Å². The number of rotatable bonds is 4. The van der Waals surface area contributed by atoms with Crippen LogP contribution >= 0.6 is 23.2 Å². The number of aryl methyl sites for hydroxylation is 2. The molecule has 0 unspecified atom stereocenters. The molecular weight excluding hydrogens is 313 g/mol. The molecule has 0 aliphatic heterocycles. The average molecular weight is 326 g/mol. The van der Waals surface area contributed by atoms with Gasteiger partial charge in [-0.15, -0.1) is 0 Å². The highest BCUT2D eigenvalue weighted by Gasteiger charge is 2.13. The molecule has 0 atom stereocenters. The number of ether oxygens (including phenoxy) is 1. The Bertz CT molecular complexity index is 678. The van der Waals surface area contributed by atoms with Gasteiger partial charge in [0.25, 0.3) is 5.69 Å². The molecule has 0 bridgehead atoms. The van der Waals surface area contributed by atoms with Crippen molar-refractivity contribution in [2.24, 2.45) is 0 Å². The summed E-state index contributed by atoms with van der Waals surface area (Å²) in [7, 11) is 0. The normalized spacial score (nSPS) is 10.5. The predicted molar refractivity (Wildman–Crippen MR) is 83.4 cm³/mol. The third-order valence-electron chi connectivity index (χ3n) is 3.02. The van der Waals surface area contributed by atoms with E-state index in [0.717, 1.165) is 16.9 Å². The van der Waals surface area contributed by atoms with E-state index < -0.39 is 4.92 Å². The second kappa shape index (κ2) is 6.33. The van der Waals surface area contributed by atoms with Gasteiger partial charge in [0, 0.05) is 11.1 Å². The van der Waals surface area contributed by atoms with Gasteiger partial charge in [-0.1, -0.05) is 29.3 Å². The SMILES string of the molecule is Cc1cc(Cl)cc(C)c1OCc1ccc(Cl)c([N+](=O)[O-])c1. The van der Waals surface area contributed by atoms with Gasteiger partial charge in [-0.05, 0) is 48.7 Å². The summed E-state index contributed by atoms with van der Waals surface area (Å²) in [5, 5.41) is 11.6. The minimum Gasteiger partial charge on any atom is -0.488 e. The second-order valence-electron chi connectivity index (χ2n) is 4.70. The summed E-state index contributed by atoms with van der Waals surface area (Å²) in [6.07, 6.45) is 0. The highest BCUT2D eigenvalue weighted by atomic mass is 35.5. The van der Waals surface area contributed by atoms with Crippen LogP contribution in [0.15, 0.2) is 30.3 Å². The van der Waals surface area contributed by atoms with E-state index in [1.807, 2.05) is 26.0 Å². The molecule has 4 nitrogen and oxygen atoms in total. The number of nitro benzene ring substituents is 1. The molecule has 0 heterocycles. The summed E-state index contributed by atoms with van der Waals surface area (Å²) in [6.45, 7) is 4.03. The Balaban J connectivity index is 2.21. The third-order valence-corrected chi connectivity index (χ3v) is 3.55. The Kier molecular flexibility index (Phi) is 4.70. The van der Waals surface area contributed by atoms with E-state index in [4.69, 9.17) is 27.9 Å². The van der Waals surface area contributed by atoms with E-state index >= 15 is 0 Å². The topological polar surface area (TPSA) is 52.4 Å². The van der Waals surface area contributed by atoms with Gasteiger partial charge in [-0.25, -0.2) is 0 Å². The quantitative estimate of drug-likeness (QED) is 0.580. The van der Waals surface area contributed by atoms with E-state index in [9.17, 15) is 10.1 Å². The van der Waals surface area contributed by atoms with Gasteiger partial charge in [-0.2, -0.15) is 0 Å². The van der Waals surface area contributed by atoms with Crippen LogP contribution in [0.3, 0.4) is 0 Å². The number of hydrogen-bond donors (Lipinski definition) is 0. The van der Waals surface area contributed by atoms with Crippen LogP contribution in [0, 0.1) is 24.0 Å². The first-order valence-electron chi connectivity index (χ1n) is 6.21. The van der Waals surface area contributed by atoms with Crippen LogP contribution in [0.25, 0.3) is 0 Å². The largest absolute Gasteiger partial charge is 0.488 e. The van der Waals surface area contributed by atoms with Crippen molar-refractivity contribution in [3.63, 3.8) is 0 Å². The lowest BCUT2D eigenvalue weighted by Crippen LogP contribution is -2.00. The number of nitrogens with zero attached hydrogens (tertiary/aromatic N) is 1. The number of hydrogen-bond acceptors (Lipinski definition) is 3. The van der Waals surface area contributed by atoms with Crippen LogP contribution in [0.5, 0.6) is 5.75 Å². The molecule has 21 heavy (non-hydrogen) atoms. The molecule has 0 saturated carbocycles. The summed E-state index contributed by atoms with van der Waals surface area (Å²) >= 11 is 11.7. The minimum atomic E-state index is -0.509. The molecule has 0 aliphatic carbocycles. The van der Waals surface area contributed by atoms with Gasteiger partial charge in [0.1, 0.15) is 17.4 Å². The maximum atomic E-state index is 10.9. The second-order valence-corrected chi connectivity index (χ2v) is 5.54. The van der Waals surface area contributed by atoms with Crippen LogP contribution in [-0.2, 0) is 6.61 Å². The molecule has 6 heteroatoms. The highest BCUT2D eigenvalue weighted by Crippen LogP contribution is 2.29. The van der Waals surface area contributed by atoms with Crippen molar-refractivity contribution in [3.05, 3.63) is 67.2 Å². The van der Waals surface area contributed by atoms with Gasteiger partial charge in [0.15, 0.2) is 0 Å². The van der Waals surface area contributed by atoms with Crippen molar-refractivity contribution < 1.29 is 9.66 Å². The van der Waals surface area contributed by atoms with Crippen molar-refractivity contribution in [1.82, 2.24) is 0 Å². The van der Waals surface area contributed by atoms with Gasteiger partial charge in [0.2, 0.25) is 0 Å². The summed E-state index contributed by atoms with van der Waals surface area (Å²) in [5.41, 5.74) is 2.40. The van der Waals surface area contributed by atoms with Crippen molar-refractivity contribution in [2.45, 2.75) is 20.5 Å². The van der Waals surface area contributed by atoms with Crippen LogP contribution in [0.2, 0.25) is 10.0 Å². The molecule has 0 saturated heterocycles. The van der Waals surface area contributed by atoms with Crippen molar-refractivity contribution in [3.8, 4) is 5.75 Å². The Morgan fingerprint density at radius 2 is 1.76 bits per heavy atom. The fourth-order valence-corrected chi connectivity index (χ4v) is 2.58. The zero-order valence-electron chi connectivity index (χ0n) is 11.5. The molecule has 0 N–H and O–H groups in total. The summed E-state index contributed by atoms with van der Waals surface area (Å²) < 4.78 is 5.76. The van der Waals surface area contributed by atoms with Gasteiger partial charge >= 0.3 is 0 Å². The standard InChI is InChI=1S/C15H13Cl2NO3/c1-9-5-12(16)6-10(2)15(9)21-8-11-3-4-13(17)14(7-11)18(19)20/h3-7H,8H2,1-2H3. The Morgan fingerprint density at radius 1 is 1.14 bits per heavy atom. The molecule has 0 aromatic heterocycles. The summed E-state index contributed by atoms with van der Waals surface area (Å²) in [6, 6.07) is 8.25. The Morgan fingerprint density at radius 3 is 2.33 bits per heavy atom. The van der Waals surface area contributed by atoms with Gasteiger partial charge < -0.3 is 4.74 Å². The van der Waals surface area contributed by atoms with Crippen LogP contribution in [0.1, 0.15) is 16.7 Å². The van der Waals surface area contributed by atoms with E-state index in [-0.39, 0.29) is 17.3 Å². The first-order chi connectivity index (χ1) is 9.88. The van der Waals surface area contributed by atoms with Gasteiger partial charge in [-0.3, -0.25) is 10.1 Å². The van der Waals surface area contributed by atoms with E-state index in [2.05, 4.69) is 0 Å². The molecule has 0 aliphatic rings. The molecule has 110 valence electrons. The molecular formula is C15H13Cl2NO3. The fraction of sp³-hybridized carbons (Fsp3) is 0.200. The van der Waals surface area contributed by atoms with Crippen molar-refractivity contribution >= 4 is 28.9 Å². The summed E-state index contributed by atoms with van der Waals surface area (Å²) in [4.78, 5) is 10.4. The monoisotopic (exact) mass is 325 g/mol. The fourth-order valence-electron chi connectivity index (χ4n) is 2.07. The third kappa shape index (κ3) is 3.65. The first kappa shape index (κ1) is 15.6. The summed E-state index contributed by atoms with van der Waals surface area (Å²) in [5.74, 6) is 0.733. The van der Waals surface area contributed by atoms with E-state index in [1.54, 1.807) is 6.07 Å². The molecule has 2 aromatic rings. The van der Waals surface area contributed by atoms with E-state index in [0.29, 0.717) is 10.6 Å². The molecule has 0 radical (unpaired) electrons. The number of nitro groups is 1. The maximum Gasteiger partial charge on any atom is 0.288 e. The Hall–Kier alpha value is -1.78. The highest BCUT2D eigenvalue weighted by molar-refractivity contribution is 6.32. The van der Waals surface area contributed by atoms with Crippen molar-refractivity contribution in [1.29, 1.82) is 0 Å². The molecule has 2 rings (SSSR count). The molecule has 0 spiro atoms. The number of halogens is 2. The minimum absolute atomic E-state index is 0.114. The van der Waals surface area contributed by atoms with Crippen molar-refractivity contribution in [2.75, 3.05) is 0 Å². The molecule has 0 amide bonds.